The number of thioether (sulfide) groups is 1. The van der Waals surface area contributed by atoms with Crippen LogP contribution in [-0.2, 0) is 4.79 Å². The molecule has 0 radical (unpaired) electrons. The number of amides is 1. The minimum Gasteiger partial charge on any atom is -0.497 e. The number of nitrogens with zero attached hydrogens (tertiary/aromatic N) is 1. The van der Waals surface area contributed by atoms with Crippen molar-refractivity contribution < 1.29 is 9.53 Å². The fourth-order valence-electron chi connectivity index (χ4n) is 2.68. The molecular weight excluding hydrogens is 314 g/mol. The topological polar surface area (TPSA) is 84.1 Å². The predicted octanol–water partition coefficient (Wildman–Crippen LogP) is 2.36. The van der Waals surface area contributed by atoms with Crippen LogP contribution in [0.5, 0.6) is 5.75 Å². The molecule has 0 fully saturated rings. The SMILES string of the molecule is CCSc1nc2c(c(=O)[nH]1)C(c1ccc(OC)cc1)CC(=O)N2. The van der Waals surface area contributed by atoms with Gasteiger partial charge in [0.2, 0.25) is 5.91 Å². The average molecular weight is 331 g/mol. The van der Waals surface area contributed by atoms with Gasteiger partial charge in [-0.25, -0.2) is 4.98 Å². The first-order valence-electron chi connectivity index (χ1n) is 7.33. The molecule has 0 saturated heterocycles. The summed E-state index contributed by atoms with van der Waals surface area (Å²) in [7, 11) is 1.60. The van der Waals surface area contributed by atoms with E-state index in [4.69, 9.17) is 4.74 Å². The summed E-state index contributed by atoms with van der Waals surface area (Å²) in [6.07, 6.45) is 0.227. The van der Waals surface area contributed by atoms with Gasteiger partial charge in [-0.15, -0.1) is 0 Å². The van der Waals surface area contributed by atoms with E-state index >= 15 is 0 Å². The lowest BCUT2D eigenvalue weighted by atomic mass is 9.87. The summed E-state index contributed by atoms with van der Waals surface area (Å²) < 4.78 is 5.15. The molecule has 120 valence electrons. The van der Waals surface area contributed by atoms with Crippen molar-refractivity contribution in [2.75, 3.05) is 18.2 Å². The third-order valence-corrected chi connectivity index (χ3v) is 4.48. The molecule has 0 saturated carbocycles. The number of methoxy groups -OCH3 is 1. The highest BCUT2D eigenvalue weighted by Crippen LogP contribution is 2.34. The lowest BCUT2D eigenvalue weighted by molar-refractivity contribution is -0.116. The first kappa shape index (κ1) is 15.6. The molecule has 0 aliphatic carbocycles. The number of hydrogen-bond donors (Lipinski definition) is 2. The van der Waals surface area contributed by atoms with Crippen molar-refractivity contribution in [1.82, 2.24) is 9.97 Å². The maximum Gasteiger partial charge on any atom is 0.257 e. The Morgan fingerprint density at radius 2 is 2.04 bits per heavy atom. The molecule has 7 heteroatoms. The Labute approximate surface area is 137 Å². The summed E-state index contributed by atoms with van der Waals surface area (Å²) in [5.74, 6) is 1.44. The van der Waals surface area contributed by atoms with Gasteiger partial charge in [0.25, 0.3) is 5.56 Å². The highest BCUT2D eigenvalue weighted by atomic mass is 32.2. The number of nitrogens with one attached hydrogen (secondary N) is 2. The number of carbonyl (C=O) groups excluding carboxylic acids is 1. The Bertz CT molecular complexity index is 786. The number of carbonyl (C=O) groups is 1. The zero-order valence-electron chi connectivity index (χ0n) is 12.9. The fraction of sp³-hybridized carbons (Fsp3) is 0.312. The molecule has 23 heavy (non-hydrogen) atoms. The van der Waals surface area contributed by atoms with Gasteiger partial charge in [0, 0.05) is 12.3 Å². The Balaban J connectivity index is 2.07. The predicted molar refractivity (Wildman–Crippen MR) is 89.3 cm³/mol. The summed E-state index contributed by atoms with van der Waals surface area (Å²) >= 11 is 1.43. The number of aromatic nitrogens is 2. The van der Waals surface area contributed by atoms with E-state index in [-0.39, 0.29) is 23.8 Å². The van der Waals surface area contributed by atoms with E-state index in [0.717, 1.165) is 17.1 Å². The summed E-state index contributed by atoms with van der Waals surface area (Å²) in [4.78, 5) is 31.7. The van der Waals surface area contributed by atoms with E-state index in [0.29, 0.717) is 16.5 Å². The molecule has 1 aliphatic heterocycles. The third-order valence-electron chi connectivity index (χ3n) is 3.73. The van der Waals surface area contributed by atoms with Gasteiger partial charge in [0.15, 0.2) is 5.16 Å². The van der Waals surface area contributed by atoms with Crippen LogP contribution in [0.3, 0.4) is 0 Å². The van der Waals surface area contributed by atoms with Gasteiger partial charge in [0.05, 0.1) is 12.7 Å². The molecule has 6 nitrogen and oxygen atoms in total. The quantitative estimate of drug-likeness (QED) is 0.664. The number of benzene rings is 1. The maximum absolute atomic E-state index is 12.5. The molecule has 0 spiro atoms. The Hall–Kier alpha value is -2.28. The number of fused-ring (bicyclic) bond motifs is 1. The van der Waals surface area contributed by atoms with Crippen LogP contribution in [0, 0.1) is 0 Å². The fourth-order valence-corrected chi connectivity index (χ4v) is 3.27. The van der Waals surface area contributed by atoms with E-state index < -0.39 is 0 Å². The zero-order valence-corrected chi connectivity index (χ0v) is 13.7. The van der Waals surface area contributed by atoms with Crippen LogP contribution in [0.4, 0.5) is 5.82 Å². The molecule has 1 amide bonds. The molecule has 3 rings (SSSR count). The molecule has 1 unspecified atom stereocenters. The average Bonchev–Trinajstić information content (AvgIpc) is 2.54. The highest BCUT2D eigenvalue weighted by molar-refractivity contribution is 7.99. The normalized spacial score (nSPS) is 16.6. The Kier molecular flexibility index (Phi) is 4.38. The second-order valence-electron chi connectivity index (χ2n) is 5.14. The zero-order chi connectivity index (χ0) is 16.4. The Morgan fingerprint density at radius 3 is 2.70 bits per heavy atom. The summed E-state index contributed by atoms with van der Waals surface area (Å²) in [5.41, 5.74) is 1.20. The number of hydrogen-bond acceptors (Lipinski definition) is 5. The van der Waals surface area contributed by atoms with E-state index in [9.17, 15) is 9.59 Å². The van der Waals surface area contributed by atoms with Gasteiger partial charge in [-0.05, 0) is 23.4 Å². The van der Waals surface area contributed by atoms with E-state index in [1.165, 1.54) is 11.8 Å². The van der Waals surface area contributed by atoms with Gasteiger partial charge in [-0.2, -0.15) is 0 Å². The second kappa shape index (κ2) is 6.45. The van der Waals surface area contributed by atoms with Gasteiger partial charge in [0.1, 0.15) is 11.6 Å². The number of rotatable bonds is 4. The van der Waals surface area contributed by atoms with Crippen LogP contribution in [0.25, 0.3) is 0 Å². The largest absolute Gasteiger partial charge is 0.497 e. The molecule has 1 aromatic heterocycles. The van der Waals surface area contributed by atoms with Gasteiger partial charge >= 0.3 is 0 Å². The van der Waals surface area contributed by atoms with Gasteiger partial charge in [-0.1, -0.05) is 30.8 Å². The van der Waals surface area contributed by atoms with Crippen molar-refractivity contribution in [2.45, 2.75) is 24.4 Å². The lowest BCUT2D eigenvalue weighted by Crippen LogP contribution is -2.31. The first-order chi connectivity index (χ1) is 11.1. The van der Waals surface area contributed by atoms with Gasteiger partial charge in [-0.3, -0.25) is 9.59 Å². The van der Waals surface area contributed by atoms with Crippen molar-refractivity contribution in [3.05, 3.63) is 45.7 Å². The van der Waals surface area contributed by atoms with E-state index in [1.54, 1.807) is 7.11 Å². The summed E-state index contributed by atoms with van der Waals surface area (Å²) in [6, 6.07) is 7.40. The van der Waals surface area contributed by atoms with Crippen molar-refractivity contribution in [1.29, 1.82) is 0 Å². The van der Waals surface area contributed by atoms with E-state index in [1.807, 2.05) is 31.2 Å². The van der Waals surface area contributed by atoms with Crippen LogP contribution in [0.2, 0.25) is 0 Å². The van der Waals surface area contributed by atoms with Crippen LogP contribution in [0.1, 0.15) is 30.4 Å². The molecule has 2 aromatic rings. The van der Waals surface area contributed by atoms with Crippen molar-refractivity contribution in [3.8, 4) is 5.75 Å². The third kappa shape index (κ3) is 3.10. The summed E-state index contributed by atoms with van der Waals surface area (Å²) in [5, 5.41) is 3.23. The smallest absolute Gasteiger partial charge is 0.257 e. The second-order valence-corrected chi connectivity index (χ2v) is 6.40. The minimum absolute atomic E-state index is 0.135. The monoisotopic (exact) mass is 331 g/mol. The lowest BCUT2D eigenvalue weighted by Gasteiger charge is -2.24. The van der Waals surface area contributed by atoms with Crippen molar-refractivity contribution >= 4 is 23.5 Å². The Morgan fingerprint density at radius 1 is 1.30 bits per heavy atom. The molecule has 1 aliphatic rings. The summed E-state index contributed by atoms with van der Waals surface area (Å²) in [6.45, 7) is 1.98. The van der Waals surface area contributed by atoms with Crippen LogP contribution >= 0.6 is 11.8 Å². The van der Waals surface area contributed by atoms with Crippen LogP contribution < -0.4 is 15.6 Å². The molecular formula is C16H17N3O3S. The first-order valence-corrected chi connectivity index (χ1v) is 8.31. The number of H-pyrrole nitrogens is 1. The molecule has 2 N–H and O–H groups in total. The van der Waals surface area contributed by atoms with Crippen molar-refractivity contribution in [2.24, 2.45) is 0 Å². The number of ether oxygens (including phenoxy) is 1. The van der Waals surface area contributed by atoms with Crippen molar-refractivity contribution in [3.63, 3.8) is 0 Å². The standard InChI is InChI=1S/C16H17N3O3S/c1-3-23-16-18-14-13(15(21)19-16)11(8-12(20)17-14)9-4-6-10(22-2)7-5-9/h4-7,11H,3,8H2,1-2H3,(H2,17,18,19,20,21). The number of aromatic amines is 1. The molecule has 1 aromatic carbocycles. The number of anilines is 1. The van der Waals surface area contributed by atoms with Crippen LogP contribution in [0.15, 0.2) is 34.2 Å². The highest BCUT2D eigenvalue weighted by Gasteiger charge is 2.30. The van der Waals surface area contributed by atoms with Gasteiger partial charge < -0.3 is 15.0 Å². The molecule has 1 atom stereocenters. The minimum atomic E-state index is -0.304. The molecule has 2 heterocycles. The maximum atomic E-state index is 12.5. The van der Waals surface area contributed by atoms with E-state index in [2.05, 4.69) is 15.3 Å². The molecule has 0 bridgehead atoms. The van der Waals surface area contributed by atoms with Crippen LogP contribution in [-0.4, -0.2) is 28.7 Å².